The molecule has 1 unspecified atom stereocenters. The molecule has 0 saturated heterocycles. The van der Waals surface area contributed by atoms with E-state index < -0.39 is 0 Å². The van der Waals surface area contributed by atoms with Crippen LogP contribution in [0, 0.1) is 0 Å². The summed E-state index contributed by atoms with van der Waals surface area (Å²) in [5.41, 5.74) is 2.15. The van der Waals surface area contributed by atoms with Crippen LogP contribution < -0.4 is 5.01 Å². The van der Waals surface area contributed by atoms with Crippen molar-refractivity contribution in [2.45, 2.75) is 12.5 Å². The molecule has 1 aliphatic heterocycles. The van der Waals surface area contributed by atoms with E-state index in [0.29, 0.717) is 27.9 Å². The molecule has 0 N–H and O–H groups in total. The minimum atomic E-state index is -0.334. The van der Waals surface area contributed by atoms with Crippen molar-refractivity contribution in [3.63, 3.8) is 0 Å². The normalized spacial score (nSPS) is 17.3. The van der Waals surface area contributed by atoms with Gasteiger partial charge in [0.25, 0.3) is 0 Å². The first-order chi connectivity index (χ1) is 11.0. The molecular formula is C16H11BrCl2N2OS. The van der Waals surface area contributed by atoms with Gasteiger partial charge in [-0.3, -0.25) is 9.80 Å². The summed E-state index contributed by atoms with van der Waals surface area (Å²) in [5.74, 6) is 0. The number of hydrazone groups is 1. The number of thiol groups is 1. The van der Waals surface area contributed by atoms with Crippen LogP contribution in [-0.2, 0) is 4.79 Å². The van der Waals surface area contributed by atoms with Crippen LogP contribution in [0.3, 0.4) is 0 Å². The zero-order valence-corrected chi connectivity index (χ0v) is 15.7. The van der Waals surface area contributed by atoms with Crippen molar-refractivity contribution in [3.8, 4) is 0 Å². The fraction of sp³-hybridized carbons (Fsp3) is 0.125. The number of anilines is 1. The molecule has 0 saturated carbocycles. The van der Waals surface area contributed by atoms with Crippen LogP contribution in [0.5, 0.6) is 0 Å². The lowest BCUT2D eigenvalue weighted by atomic mass is 10.0. The van der Waals surface area contributed by atoms with Crippen molar-refractivity contribution in [2.24, 2.45) is 5.10 Å². The Bertz CT molecular complexity index is 795. The highest BCUT2D eigenvalue weighted by Crippen LogP contribution is 2.40. The number of benzene rings is 2. The smallest absolute Gasteiger partial charge is 0.232 e. The fourth-order valence-electron chi connectivity index (χ4n) is 2.47. The van der Waals surface area contributed by atoms with Crippen LogP contribution in [-0.4, -0.2) is 10.8 Å². The standard InChI is InChI=1S/C16H11BrCl2N2OS/c17-10-3-1-9(2-4-10)15-8-13(16(22)23)20-21(15)14-6-5-11(18)7-12(14)19/h1-7,15H,8H2,(H,22,23). The number of halogens is 3. The average Bonchev–Trinajstić information content (AvgIpc) is 2.93. The number of carbonyl (C=O) groups is 1. The molecule has 0 aromatic heterocycles. The molecule has 3 rings (SSSR count). The molecule has 2 aromatic rings. The summed E-state index contributed by atoms with van der Waals surface area (Å²) >= 11 is 19.6. The number of carbonyl (C=O) groups excluding carboxylic acids is 1. The minimum Gasteiger partial charge on any atom is -0.280 e. The third-order valence-corrected chi connectivity index (χ3v) is 4.89. The second kappa shape index (κ2) is 6.85. The Morgan fingerprint density at radius 3 is 2.52 bits per heavy atom. The quantitative estimate of drug-likeness (QED) is 0.651. The van der Waals surface area contributed by atoms with Gasteiger partial charge in [-0.05, 0) is 35.9 Å². The predicted octanol–water partition coefficient (Wildman–Crippen LogP) is 5.52. The molecular weight excluding hydrogens is 419 g/mol. The Labute approximate surface area is 157 Å². The lowest BCUT2D eigenvalue weighted by Crippen LogP contribution is -2.18. The minimum absolute atomic E-state index is 0.118. The highest BCUT2D eigenvalue weighted by Gasteiger charge is 2.32. The van der Waals surface area contributed by atoms with Crippen molar-refractivity contribution in [2.75, 3.05) is 5.01 Å². The van der Waals surface area contributed by atoms with E-state index in [2.05, 4.69) is 33.7 Å². The molecule has 0 radical (unpaired) electrons. The second-order valence-corrected chi connectivity index (χ2v) is 7.23. The zero-order chi connectivity index (χ0) is 16.6. The van der Waals surface area contributed by atoms with Crippen LogP contribution in [0.15, 0.2) is 52.0 Å². The third-order valence-electron chi connectivity index (χ3n) is 3.57. The van der Waals surface area contributed by atoms with Crippen LogP contribution in [0.4, 0.5) is 5.69 Å². The van der Waals surface area contributed by atoms with Crippen LogP contribution in [0.1, 0.15) is 18.0 Å². The lowest BCUT2D eigenvalue weighted by Gasteiger charge is -2.25. The topological polar surface area (TPSA) is 32.7 Å². The van der Waals surface area contributed by atoms with Gasteiger partial charge in [0.1, 0.15) is 5.71 Å². The van der Waals surface area contributed by atoms with E-state index in [-0.39, 0.29) is 11.2 Å². The first-order valence-electron chi connectivity index (χ1n) is 6.76. The molecule has 2 aromatic carbocycles. The summed E-state index contributed by atoms with van der Waals surface area (Å²) in [5, 5.41) is 6.87. The first-order valence-corrected chi connectivity index (χ1v) is 8.76. The van der Waals surface area contributed by atoms with E-state index in [1.807, 2.05) is 24.3 Å². The van der Waals surface area contributed by atoms with E-state index in [0.717, 1.165) is 10.0 Å². The largest absolute Gasteiger partial charge is 0.280 e. The average molecular weight is 430 g/mol. The van der Waals surface area contributed by atoms with Gasteiger partial charge in [-0.15, -0.1) is 0 Å². The van der Waals surface area contributed by atoms with E-state index in [1.54, 1.807) is 23.2 Å². The molecule has 0 aliphatic carbocycles. The summed E-state index contributed by atoms with van der Waals surface area (Å²) in [6.45, 7) is 0. The summed E-state index contributed by atoms with van der Waals surface area (Å²) < 4.78 is 0.988. The van der Waals surface area contributed by atoms with Crippen LogP contribution >= 0.6 is 51.8 Å². The molecule has 0 fully saturated rings. The van der Waals surface area contributed by atoms with E-state index in [1.165, 1.54) is 0 Å². The molecule has 0 spiro atoms. The van der Waals surface area contributed by atoms with Gasteiger partial charge in [-0.25, -0.2) is 0 Å². The van der Waals surface area contributed by atoms with E-state index >= 15 is 0 Å². The molecule has 1 aliphatic rings. The van der Waals surface area contributed by atoms with Crippen molar-refractivity contribution in [1.82, 2.24) is 0 Å². The predicted molar refractivity (Wildman–Crippen MR) is 102 cm³/mol. The Hall–Kier alpha value is -1.01. The molecule has 23 heavy (non-hydrogen) atoms. The number of hydrogen-bond acceptors (Lipinski definition) is 3. The molecule has 3 nitrogen and oxygen atoms in total. The van der Waals surface area contributed by atoms with Crippen molar-refractivity contribution in [1.29, 1.82) is 0 Å². The summed E-state index contributed by atoms with van der Waals surface area (Å²) in [6.07, 6.45) is 0.475. The number of rotatable bonds is 3. The SMILES string of the molecule is O=C(S)C1=NN(c2ccc(Cl)cc2Cl)C(c2ccc(Br)cc2)C1. The van der Waals surface area contributed by atoms with Crippen LogP contribution in [0.25, 0.3) is 0 Å². The maximum absolute atomic E-state index is 11.6. The molecule has 7 heteroatoms. The summed E-state index contributed by atoms with van der Waals surface area (Å²) in [7, 11) is 0. The molecule has 0 bridgehead atoms. The Morgan fingerprint density at radius 2 is 1.91 bits per heavy atom. The Morgan fingerprint density at radius 1 is 1.22 bits per heavy atom. The highest BCUT2D eigenvalue weighted by atomic mass is 79.9. The van der Waals surface area contributed by atoms with Crippen molar-refractivity contribution >= 4 is 68.3 Å². The molecule has 0 amide bonds. The van der Waals surface area contributed by atoms with E-state index in [4.69, 9.17) is 23.2 Å². The van der Waals surface area contributed by atoms with Gasteiger partial charge >= 0.3 is 0 Å². The van der Waals surface area contributed by atoms with Gasteiger partial charge in [0.05, 0.1) is 16.8 Å². The summed E-state index contributed by atoms with van der Waals surface area (Å²) in [4.78, 5) is 11.6. The monoisotopic (exact) mass is 428 g/mol. The maximum Gasteiger partial charge on any atom is 0.232 e. The van der Waals surface area contributed by atoms with Gasteiger partial charge < -0.3 is 0 Å². The third kappa shape index (κ3) is 3.58. The van der Waals surface area contributed by atoms with Crippen molar-refractivity contribution in [3.05, 3.63) is 62.5 Å². The lowest BCUT2D eigenvalue weighted by molar-refractivity contribution is -0.105. The first kappa shape index (κ1) is 16.8. The second-order valence-electron chi connectivity index (χ2n) is 5.06. The van der Waals surface area contributed by atoms with Gasteiger partial charge in [0.2, 0.25) is 5.12 Å². The number of nitrogens with zero attached hydrogens (tertiary/aromatic N) is 2. The zero-order valence-electron chi connectivity index (χ0n) is 11.7. The fourth-order valence-corrected chi connectivity index (χ4v) is 3.37. The van der Waals surface area contributed by atoms with Gasteiger partial charge in [0.15, 0.2) is 0 Å². The molecule has 118 valence electrons. The Balaban J connectivity index is 2.04. The highest BCUT2D eigenvalue weighted by molar-refractivity contribution is 9.10. The van der Waals surface area contributed by atoms with Gasteiger partial charge in [0, 0.05) is 15.9 Å². The van der Waals surface area contributed by atoms with Gasteiger partial charge in [-0.2, -0.15) is 5.10 Å². The Kier molecular flexibility index (Phi) is 5.01. The van der Waals surface area contributed by atoms with Crippen molar-refractivity contribution < 1.29 is 4.79 Å². The number of hydrogen-bond donors (Lipinski definition) is 1. The maximum atomic E-state index is 11.6. The molecule has 1 heterocycles. The van der Waals surface area contributed by atoms with E-state index in [9.17, 15) is 4.79 Å². The van der Waals surface area contributed by atoms with Gasteiger partial charge in [-0.1, -0.05) is 63.9 Å². The summed E-state index contributed by atoms with van der Waals surface area (Å²) in [6, 6.07) is 13.0. The van der Waals surface area contributed by atoms with Crippen LogP contribution in [0.2, 0.25) is 10.0 Å². The molecule has 1 atom stereocenters.